The van der Waals surface area contributed by atoms with Crippen LogP contribution in [0.25, 0.3) is 0 Å². The molecule has 0 radical (unpaired) electrons. The summed E-state index contributed by atoms with van der Waals surface area (Å²) in [6.45, 7) is -0.0402. The lowest BCUT2D eigenvalue weighted by molar-refractivity contribution is 0.191. The molecule has 22 heavy (non-hydrogen) atoms. The summed E-state index contributed by atoms with van der Waals surface area (Å²) in [6, 6.07) is 5.34. The molecule has 9 heteroatoms. The molecule has 0 saturated carbocycles. The molecule has 6 nitrogen and oxygen atoms in total. The largest absolute Gasteiger partial charge is 0.386 e. The van der Waals surface area contributed by atoms with Gasteiger partial charge in [-0.05, 0) is 12.1 Å². The van der Waals surface area contributed by atoms with Crippen LogP contribution in [-0.2, 0) is 16.9 Å². The number of sulfone groups is 1. The quantitative estimate of drug-likeness (QED) is 0.839. The lowest BCUT2D eigenvalue weighted by atomic mass is 10.2. The van der Waals surface area contributed by atoms with Gasteiger partial charge in [0.2, 0.25) is 9.84 Å². The molecule has 0 aliphatic carbocycles. The molecule has 2 rings (SSSR count). The fraction of sp³-hybridized carbons (Fsp3) is 0.308. The number of hydrogen-bond donors (Lipinski definition) is 2. The Bertz CT molecular complexity index is 746. The van der Waals surface area contributed by atoms with Crippen LogP contribution in [0.2, 0.25) is 0 Å². The fourth-order valence-corrected chi connectivity index (χ4v) is 2.80. The summed E-state index contributed by atoms with van der Waals surface area (Å²) in [7, 11) is -3.02. The van der Waals surface area contributed by atoms with Crippen molar-refractivity contribution in [3.8, 4) is 0 Å². The number of benzene rings is 1. The molecular weight excluding hydrogens is 316 g/mol. The SMILES string of the molecule is Cn1cc(C(O)CNc2ccccc2S(=O)(=O)C(F)F)cn1. The van der Waals surface area contributed by atoms with Gasteiger partial charge in [-0.2, -0.15) is 13.9 Å². The Morgan fingerprint density at radius 1 is 1.36 bits per heavy atom. The highest BCUT2D eigenvalue weighted by Crippen LogP contribution is 2.26. The average Bonchev–Trinajstić information content (AvgIpc) is 2.91. The first-order valence-corrected chi connectivity index (χ1v) is 7.88. The van der Waals surface area contributed by atoms with E-state index in [9.17, 15) is 22.3 Å². The van der Waals surface area contributed by atoms with Gasteiger partial charge in [-0.1, -0.05) is 12.1 Å². The third-order valence-corrected chi connectivity index (χ3v) is 4.46. The standard InChI is InChI=1S/C13H15F2N3O3S/c1-18-8-9(6-17-18)11(19)7-16-10-4-2-3-5-12(10)22(20,21)13(14)15/h2-6,8,11,13,16,19H,7H2,1H3. The Labute approximate surface area is 126 Å². The maximum absolute atomic E-state index is 12.7. The van der Waals surface area contributed by atoms with Gasteiger partial charge in [-0.25, -0.2) is 8.42 Å². The number of rotatable bonds is 6. The molecule has 0 saturated heterocycles. The first kappa shape index (κ1) is 16.4. The van der Waals surface area contributed by atoms with Crippen molar-refractivity contribution in [3.05, 3.63) is 42.2 Å². The highest BCUT2D eigenvalue weighted by atomic mass is 32.2. The first-order chi connectivity index (χ1) is 10.3. The summed E-state index contributed by atoms with van der Waals surface area (Å²) < 4.78 is 50.1. The predicted molar refractivity (Wildman–Crippen MR) is 76.3 cm³/mol. The highest BCUT2D eigenvalue weighted by Gasteiger charge is 2.29. The number of nitrogens with zero attached hydrogens (tertiary/aromatic N) is 2. The number of halogens is 2. The van der Waals surface area contributed by atoms with Crippen LogP contribution in [0.3, 0.4) is 0 Å². The molecule has 0 aliphatic rings. The molecule has 0 amide bonds. The van der Waals surface area contributed by atoms with E-state index in [0.29, 0.717) is 5.56 Å². The smallest absolute Gasteiger partial charge is 0.341 e. The highest BCUT2D eigenvalue weighted by molar-refractivity contribution is 7.91. The first-order valence-electron chi connectivity index (χ1n) is 6.34. The van der Waals surface area contributed by atoms with Gasteiger partial charge in [-0.3, -0.25) is 4.68 Å². The number of hydrogen-bond acceptors (Lipinski definition) is 5. The van der Waals surface area contributed by atoms with Crippen LogP contribution in [0.5, 0.6) is 0 Å². The van der Waals surface area contributed by atoms with Crippen molar-refractivity contribution in [1.29, 1.82) is 0 Å². The minimum Gasteiger partial charge on any atom is -0.386 e. The summed E-state index contributed by atoms with van der Waals surface area (Å²) in [4.78, 5) is -0.497. The molecule has 1 heterocycles. The lowest BCUT2D eigenvalue weighted by Crippen LogP contribution is -2.17. The number of aromatic nitrogens is 2. The van der Waals surface area contributed by atoms with E-state index in [4.69, 9.17) is 0 Å². The molecule has 2 N–H and O–H groups in total. The van der Waals surface area contributed by atoms with Gasteiger partial charge in [0.1, 0.15) is 0 Å². The molecule has 1 unspecified atom stereocenters. The van der Waals surface area contributed by atoms with E-state index >= 15 is 0 Å². The van der Waals surface area contributed by atoms with Crippen LogP contribution in [-0.4, -0.2) is 35.6 Å². The minimum absolute atomic E-state index is 0.0192. The van der Waals surface area contributed by atoms with Crippen molar-refractivity contribution in [3.63, 3.8) is 0 Å². The van der Waals surface area contributed by atoms with Gasteiger partial charge >= 0.3 is 5.76 Å². The zero-order valence-electron chi connectivity index (χ0n) is 11.6. The molecule has 2 aromatic rings. The molecule has 120 valence electrons. The second-order valence-electron chi connectivity index (χ2n) is 4.65. The molecular formula is C13H15F2N3O3S. The fourth-order valence-electron chi connectivity index (χ4n) is 1.89. The van der Waals surface area contributed by atoms with Crippen LogP contribution in [0.1, 0.15) is 11.7 Å². The van der Waals surface area contributed by atoms with E-state index in [1.54, 1.807) is 13.2 Å². The van der Waals surface area contributed by atoms with Crippen molar-refractivity contribution in [1.82, 2.24) is 9.78 Å². The number of nitrogens with one attached hydrogen (secondary N) is 1. The van der Waals surface area contributed by atoms with Gasteiger partial charge in [-0.15, -0.1) is 0 Å². The van der Waals surface area contributed by atoms with Crippen LogP contribution in [0.15, 0.2) is 41.6 Å². The third-order valence-electron chi connectivity index (χ3n) is 3.02. The Balaban J connectivity index is 2.17. The van der Waals surface area contributed by atoms with Gasteiger partial charge in [0.15, 0.2) is 0 Å². The predicted octanol–water partition coefficient (Wildman–Crippen LogP) is 1.56. The Kier molecular flexibility index (Phi) is 4.77. The molecule has 1 aromatic heterocycles. The number of aliphatic hydroxyl groups is 1. The van der Waals surface area contributed by atoms with E-state index in [1.807, 2.05) is 0 Å². The van der Waals surface area contributed by atoms with E-state index in [2.05, 4.69) is 10.4 Å². The van der Waals surface area contributed by atoms with Crippen molar-refractivity contribution in [2.75, 3.05) is 11.9 Å². The number of aryl methyl sites for hydroxylation is 1. The van der Waals surface area contributed by atoms with Gasteiger partial charge < -0.3 is 10.4 Å². The van der Waals surface area contributed by atoms with Crippen molar-refractivity contribution in [2.24, 2.45) is 7.05 Å². The van der Waals surface area contributed by atoms with Crippen LogP contribution < -0.4 is 5.32 Å². The molecule has 0 spiro atoms. The van der Waals surface area contributed by atoms with Gasteiger partial charge in [0.25, 0.3) is 0 Å². The molecule has 1 atom stereocenters. The zero-order valence-corrected chi connectivity index (χ0v) is 12.5. The van der Waals surface area contributed by atoms with Crippen molar-refractivity contribution >= 4 is 15.5 Å². The summed E-state index contributed by atoms with van der Waals surface area (Å²) >= 11 is 0. The minimum atomic E-state index is -4.71. The monoisotopic (exact) mass is 331 g/mol. The number of para-hydroxylation sites is 1. The number of alkyl halides is 2. The third kappa shape index (κ3) is 3.42. The Hall–Kier alpha value is -2.00. The summed E-state index contributed by atoms with van der Waals surface area (Å²) in [6.07, 6.45) is 2.12. The van der Waals surface area contributed by atoms with Crippen molar-refractivity contribution in [2.45, 2.75) is 16.8 Å². The maximum atomic E-state index is 12.7. The van der Waals surface area contributed by atoms with E-state index < -0.39 is 26.6 Å². The zero-order chi connectivity index (χ0) is 16.3. The topological polar surface area (TPSA) is 84.2 Å². The summed E-state index contributed by atoms with van der Waals surface area (Å²) in [5.74, 6) is -3.50. The summed E-state index contributed by atoms with van der Waals surface area (Å²) in [5, 5.41) is 16.6. The maximum Gasteiger partial charge on any atom is 0.341 e. The molecule has 1 aromatic carbocycles. The van der Waals surface area contributed by atoms with Crippen molar-refractivity contribution < 1.29 is 22.3 Å². The number of anilines is 1. The Morgan fingerprint density at radius 3 is 2.64 bits per heavy atom. The second kappa shape index (κ2) is 6.41. The Morgan fingerprint density at radius 2 is 2.05 bits per heavy atom. The lowest BCUT2D eigenvalue weighted by Gasteiger charge is -2.14. The molecule has 0 bridgehead atoms. The second-order valence-corrected chi connectivity index (χ2v) is 6.53. The van der Waals surface area contributed by atoms with Gasteiger partial charge in [0, 0.05) is 25.4 Å². The normalized spacial score (nSPS) is 13.3. The van der Waals surface area contributed by atoms with E-state index in [0.717, 1.165) is 6.07 Å². The van der Waals surface area contributed by atoms with Crippen LogP contribution in [0, 0.1) is 0 Å². The molecule has 0 aliphatic heterocycles. The molecule has 0 fully saturated rings. The van der Waals surface area contributed by atoms with Crippen LogP contribution in [0.4, 0.5) is 14.5 Å². The average molecular weight is 331 g/mol. The number of aliphatic hydroxyl groups excluding tert-OH is 1. The van der Waals surface area contributed by atoms with E-state index in [-0.39, 0.29) is 12.2 Å². The van der Waals surface area contributed by atoms with Crippen LogP contribution >= 0.6 is 0 Å². The summed E-state index contributed by atoms with van der Waals surface area (Å²) in [5.41, 5.74) is 0.551. The van der Waals surface area contributed by atoms with E-state index in [1.165, 1.54) is 29.1 Å². The van der Waals surface area contributed by atoms with Gasteiger partial charge in [0.05, 0.1) is 22.9 Å².